The molecule has 1 heterocycles. The van der Waals surface area contributed by atoms with Crippen LogP contribution in [0.4, 0.5) is 0 Å². The summed E-state index contributed by atoms with van der Waals surface area (Å²) in [5, 5.41) is 0. The molecule has 0 aromatic heterocycles. The molecule has 2 fully saturated rings. The molecule has 0 bridgehead atoms. The maximum atomic E-state index is 6.06. The molecule has 1 aliphatic carbocycles. The fourth-order valence-electron chi connectivity index (χ4n) is 3.85. The Bertz CT molecular complexity index is 203. The van der Waals surface area contributed by atoms with E-state index in [1.807, 2.05) is 0 Å². The van der Waals surface area contributed by atoms with E-state index in [2.05, 4.69) is 11.8 Å². The minimum atomic E-state index is 0.688. The number of rotatable bonds is 4. The van der Waals surface area contributed by atoms with Crippen molar-refractivity contribution in [2.75, 3.05) is 19.6 Å². The summed E-state index contributed by atoms with van der Waals surface area (Å²) in [6.07, 6.45) is 11.3. The van der Waals surface area contributed by atoms with Gasteiger partial charge in [0.2, 0.25) is 0 Å². The molecule has 2 nitrogen and oxygen atoms in total. The molecule has 0 aromatic carbocycles. The second kappa shape index (κ2) is 6.75. The maximum Gasteiger partial charge on any atom is 0.0246 e. The first-order valence-electron chi connectivity index (χ1n) is 7.79. The van der Waals surface area contributed by atoms with Gasteiger partial charge in [0, 0.05) is 12.6 Å². The molecule has 100 valence electrons. The topological polar surface area (TPSA) is 29.3 Å². The van der Waals surface area contributed by atoms with Crippen LogP contribution in [0, 0.1) is 11.8 Å². The minimum Gasteiger partial charge on any atom is -0.329 e. The van der Waals surface area contributed by atoms with E-state index in [0.717, 1.165) is 18.4 Å². The first kappa shape index (κ1) is 13.4. The van der Waals surface area contributed by atoms with E-state index >= 15 is 0 Å². The highest BCUT2D eigenvalue weighted by Crippen LogP contribution is 2.31. The van der Waals surface area contributed by atoms with Gasteiger partial charge in [-0.15, -0.1) is 0 Å². The van der Waals surface area contributed by atoms with Crippen LogP contribution in [0.5, 0.6) is 0 Å². The van der Waals surface area contributed by atoms with Crippen molar-refractivity contribution in [1.29, 1.82) is 0 Å². The molecule has 1 saturated carbocycles. The summed E-state index contributed by atoms with van der Waals surface area (Å²) < 4.78 is 0. The van der Waals surface area contributed by atoms with Gasteiger partial charge >= 0.3 is 0 Å². The Morgan fingerprint density at radius 2 is 1.71 bits per heavy atom. The third-order valence-electron chi connectivity index (χ3n) is 5.13. The molecule has 0 aromatic rings. The maximum absolute atomic E-state index is 6.06. The van der Waals surface area contributed by atoms with Crippen molar-refractivity contribution in [3.63, 3.8) is 0 Å². The van der Waals surface area contributed by atoms with Gasteiger partial charge in [-0.3, -0.25) is 4.90 Å². The average molecular weight is 238 g/mol. The van der Waals surface area contributed by atoms with E-state index in [1.165, 1.54) is 64.5 Å². The van der Waals surface area contributed by atoms with Crippen molar-refractivity contribution in [1.82, 2.24) is 4.90 Å². The molecule has 0 spiro atoms. The summed E-state index contributed by atoms with van der Waals surface area (Å²) in [5.74, 6) is 1.88. The van der Waals surface area contributed by atoms with E-state index < -0.39 is 0 Å². The van der Waals surface area contributed by atoms with E-state index in [4.69, 9.17) is 5.73 Å². The van der Waals surface area contributed by atoms with Gasteiger partial charge in [-0.25, -0.2) is 0 Å². The van der Waals surface area contributed by atoms with Gasteiger partial charge in [-0.1, -0.05) is 32.6 Å². The van der Waals surface area contributed by atoms with E-state index in [9.17, 15) is 0 Å². The van der Waals surface area contributed by atoms with Crippen molar-refractivity contribution in [2.24, 2.45) is 17.6 Å². The molecule has 2 heteroatoms. The lowest BCUT2D eigenvalue weighted by Gasteiger charge is -2.41. The molecular formula is C15H30N2. The van der Waals surface area contributed by atoms with Crippen molar-refractivity contribution in [3.05, 3.63) is 0 Å². The number of hydrogen-bond donors (Lipinski definition) is 1. The number of piperidine rings is 1. The zero-order chi connectivity index (χ0) is 12.1. The van der Waals surface area contributed by atoms with Gasteiger partial charge in [-0.2, -0.15) is 0 Å². The van der Waals surface area contributed by atoms with Crippen molar-refractivity contribution >= 4 is 0 Å². The molecule has 0 radical (unpaired) electrons. The summed E-state index contributed by atoms with van der Waals surface area (Å²) in [6.45, 7) is 5.82. The predicted molar refractivity (Wildman–Crippen MR) is 74.0 cm³/mol. The molecule has 2 aliphatic rings. The lowest BCUT2D eigenvalue weighted by Crippen LogP contribution is -2.49. The molecule has 2 rings (SSSR count). The third kappa shape index (κ3) is 3.45. The average Bonchev–Trinajstić information content (AvgIpc) is 2.42. The molecule has 1 unspecified atom stereocenters. The van der Waals surface area contributed by atoms with Gasteiger partial charge in [0.25, 0.3) is 0 Å². The van der Waals surface area contributed by atoms with Crippen LogP contribution >= 0.6 is 0 Å². The largest absolute Gasteiger partial charge is 0.329 e. The van der Waals surface area contributed by atoms with Crippen molar-refractivity contribution in [2.45, 2.75) is 64.3 Å². The summed E-state index contributed by atoms with van der Waals surface area (Å²) in [7, 11) is 0. The molecule has 0 amide bonds. The Balaban J connectivity index is 1.85. The van der Waals surface area contributed by atoms with Gasteiger partial charge in [0.15, 0.2) is 0 Å². The zero-order valence-electron chi connectivity index (χ0n) is 11.5. The summed E-state index contributed by atoms with van der Waals surface area (Å²) >= 11 is 0. The van der Waals surface area contributed by atoms with Crippen molar-refractivity contribution in [3.8, 4) is 0 Å². The van der Waals surface area contributed by atoms with Gasteiger partial charge in [-0.05, 0) is 50.6 Å². The van der Waals surface area contributed by atoms with Crippen LogP contribution in [0.3, 0.4) is 0 Å². The van der Waals surface area contributed by atoms with E-state index in [-0.39, 0.29) is 0 Å². The first-order valence-corrected chi connectivity index (χ1v) is 7.79. The van der Waals surface area contributed by atoms with Gasteiger partial charge in [0.1, 0.15) is 0 Å². The minimum absolute atomic E-state index is 0.688. The monoisotopic (exact) mass is 238 g/mol. The Kier molecular flexibility index (Phi) is 5.30. The Morgan fingerprint density at radius 3 is 2.24 bits per heavy atom. The fraction of sp³-hybridized carbons (Fsp3) is 1.00. The summed E-state index contributed by atoms with van der Waals surface area (Å²) in [4.78, 5) is 2.71. The first-order chi connectivity index (χ1) is 8.35. The highest BCUT2D eigenvalue weighted by atomic mass is 15.2. The van der Waals surface area contributed by atoms with Crippen LogP contribution in [-0.4, -0.2) is 30.6 Å². The van der Waals surface area contributed by atoms with E-state index in [1.54, 1.807) is 0 Å². The second-order valence-electron chi connectivity index (χ2n) is 6.09. The van der Waals surface area contributed by atoms with Crippen LogP contribution in [0.2, 0.25) is 0 Å². The molecule has 1 atom stereocenters. The molecular weight excluding hydrogens is 208 g/mol. The molecule has 2 N–H and O–H groups in total. The number of hydrogen-bond acceptors (Lipinski definition) is 2. The Labute approximate surface area is 107 Å². The molecule has 1 aliphatic heterocycles. The molecule has 17 heavy (non-hydrogen) atoms. The van der Waals surface area contributed by atoms with Crippen molar-refractivity contribution < 1.29 is 0 Å². The van der Waals surface area contributed by atoms with E-state index in [0.29, 0.717) is 6.04 Å². The second-order valence-corrected chi connectivity index (χ2v) is 6.09. The molecule has 1 saturated heterocycles. The van der Waals surface area contributed by atoms with Crippen LogP contribution in [0.15, 0.2) is 0 Å². The zero-order valence-corrected chi connectivity index (χ0v) is 11.5. The van der Waals surface area contributed by atoms with Gasteiger partial charge in [0.05, 0.1) is 0 Å². The highest BCUT2D eigenvalue weighted by molar-refractivity contribution is 4.85. The quantitative estimate of drug-likeness (QED) is 0.816. The highest BCUT2D eigenvalue weighted by Gasteiger charge is 2.30. The van der Waals surface area contributed by atoms with Crippen LogP contribution < -0.4 is 5.73 Å². The normalized spacial score (nSPS) is 27.2. The van der Waals surface area contributed by atoms with Gasteiger partial charge < -0.3 is 5.73 Å². The van der Waals surface area contributed by atoms with Crippen LogP contribution in [-0.2, 0) is 0 Å². The lowest BCUT2D eigenvalue weighted by molar-refractivity contribution is 0.0827. The fourth-order valence-corrected chi connectivity index (χ4v) is 3.85. The number of nitrogens with two attached hydrogens (primary N) is 1. The van der Waals surface area contributed by atoms with Crippen LogP contribution in [0.25, 0.3) is 0 Å². The third-order valence-corrected chi connectivity index (χ3v) is 5.13. The smallest absolute Gasteiger partial charge is 0.0246 e. The number of likely N-dealkylation sites (tertiary alicyclic amines) is 1. The Morgan fingerprint density at radius 1 is 1.06 bits per heavy atom. The predicted octanol–water partition coefficient (Wildman–Crippen LogP) is 3.02. The Hall–Kier alpha value is -0.0800. The van der Waals surface area contributed by atoms with Crippen LogP contribution in [0.1, 0.15) is 58.3 Å². The lowest BCUT2D eigenvalue weighted by atomic mass is 9.82. The summed E-state index contributed by atoms with van der Waals surface area (Å²) in [5.41, 5.74) is 6.06. The standard InChI is InChI=1S/C15H30N2/c1-2-13-8-10-17(11-9-13)15(12-16)14-6-4-3-5-7-14/h13-15H,2-12,16H2,1H3. The number of nitrogens with zero attached hydrogens (tertiary/aromatic N) is 1. The summed E-state index contributed by atoms with van der Waals surface area (Å²) in [6, 6.07) is 0.688. The SMILES string of the molecule is CCC1CCN(C(CN)C2CCCCC2)CC1.